The summed E-state index contributed by atoms with van der Waals surface area (Å²) in [6.45, 7) is 2.52. The van der Waals surface area contributed by atoms with E-state index in [4.69, 9.17) is 4.74 Å². The first-order valence-corrected chi connectivity index (χ1v) is 7.13. The van der Waals surface area contributed by atoms with Gasteiger partial charge in [0.15, 0.2) is 0 Å². The largest absolute Gasteiger partial charge is 0.491 e. The zero-order valence-corrected chi connectivity index (χ0v) is 12.7. The van der Waals surface area contributed by atoms with Crippen molar-refractivity contribution in [1.29, 1.82) is 0 Å². The number of nitrogens with zero attached hydrogens (tertiary/aromatic N) is 1. The van der Waals surface area contributed by atoms with E-state index in [0.29, 0.717) is 18.9 Å². The Morgan fingerprint density at radius 2 is 2.15 bits per heavy atom. The molecule has 0 radical (unpaired) electrons. The molecule has 1 N–H and O–H groups in total. The van der Waals surface area contributed by atoms with Gasteiger partial charge >= 0.3 is 0 Å². The molecule has 1 atom stereocenters. The van der Waals surface area contributed by atoms with E-state index in [9.17, 15) is 9.90 Å². The quantitative estimate of drug-likeness (QED) is 0.912. The van der Waals surface area contributed by atoms with Crippen molar-refractivity contribution in [2.75, 3.05) is 6.61 Å². The van der Waals surface area contributed by atoms with Gasteiger partial charge in [0.2, 0.25) is 0 Å². The third-order valence-corrected chi connectivity index (χ3v) is 3.40. The fourth-order valence-electron chi connectivity index (χ4n) is 1.88. The molecule has 2 rings (SSSR count). The molecule has 0 unspecified atom stereocenters. The standard InChI is InChI=1S/C15H16BrNO3/c1-11(18)13-10-12(16)5-6-14(13)20-9-8-17-7-3-2-4-15(17)19/h2-7,10-11,18H,8-9H2,1H3/t11-/m1/s1. The highest BCUT2D eigenvalue weighted by molar-refractivity contribution is 9.10. The van der Waals surface area contributed by atoms with Crippen LogP contribution in [0.1, 0.15) is 18.6 Å². The maximum atomic E-state index is 11.5. The number of ether oxygens (including phenoxy) is 1. The van der Waals surface area contributed by atoms with Crippen molar-refractivity contribution in [1.82, 2.24) is 4.57 Å². The monoisotopic (exact) mass is 337 g/mol. The maximum Gasteiger partial charge on any atom is 0.250 e. The average molecular weight is 338 g/mol. The Bertz CT molecular complexity index is 637. The third-order valence-electron chi connectivity index (χ3n) is 2.91. The van der Waals surface area contributed by atoms with Crippen LogP contribution in [0, 0.1) is 0 Å². The molecule has 0 spiro atoms. The number of hydrogen-bond donors (Lipinski definition) is 1. The molecule has 1 heterocycles. The van der Waals surface area contributed by atoms with E-state index in [0.717, 1.165) is 10.0 Å². The van der Waals surface area contributed by atoms with Crippen LogP contribution < -0.4 is 10.3 Å². The van der Waals surface area contributed by atoms with Crippen LogP contribution in [0.5, 0.6) is 5.75 Å². The second-order valence-electron chi connectivity index (χ2n) is 4.44. The second kappa shape index (κ2) is 6.72. The maximum absolute atomic E-state index is 11.5. The van der Waals surface area contributed by atoms with Crippen LogP contribution in [-0.2, 0) is 6.54 Å². The second-order valence-corrected chi connectivity index (χ2v) is 5.35. The van der Waals surface area contributed by atoms with Gasteiger partial charge in [-0.2, -0.15) is 0 Å². The Morgan fingerprint density at radius 1 is 1.35 bits per heavy atom. The van der Waals surface area contributed by atoms with Crippen molar-refractivity contribution in [3.05, 3.63) is 63.0 Å². The minimum Gasteiger partial charge on any atom is -0.491 e. The van der Waals surface area contributed by atoms with E-state index in [-0.39, 0.29) is 5.56 Å². The van der Waals surface area contributed by atoms with E-state index in [1.807, 2.05) is 18.2 Å². The van der Waals surface area contributed by atoms with Crippen molar-refractivity contribution < 1.29 is 9.84 Å². The van der Waals surface area contributed by atoms with Crippen LogP contribution in [0.15, 0.2) is 51.9 Å². The van der Waals surface area contributed by atoms with Gasteiger partial charge in [0.05, 0.1) is 12.6 Å². The lowest BCUT2D eigenvalue weighted by molar-refractivity contribution is 0.190. The third kappa shape index (κ3) is 3.71. The SMILES string of the molecule is C[C@@H](O)c1cc(Br)ccc1OCCn1ccccc1=O. The van der Waals surface area contributed by atoms with Gasteiger partial charge in [-0.05, 0) is 31.2 Å². The number of aliphatic hydroxyl groups is 1. The van der Waals surface area contributed by atoms with Gasteiger partial charge in [0, 0.05) is 22.3 Å². The van der Waals surface area contributed by atoms with E-state index in [2.05, 4.69) is 15.9 Å². The molecule has 1 aromatic heterocycles. The predicted octanol–water partition coefficient (Wildman–Crippen LogP) is 2.74. The van der Waals surface area contributed by atoms with Crippen molar-refractivity contribution in [2.45, 2.75) is 19.6 Å². The summed E-state index contributed by atoms with van der Waals surface area (Å²) >= 11 is 3.37. The van der Waals surface area contributed by atoms with Crippen LogP contribution in [0.4, 0.5) is 0 Å². The number of pyridine rings is 1. The molecular formula is C15H16BrNO3. The number of hydrogen-bond acceptors (Lipinski definition) is 3. The average Bonchev–Trinajstić information content (AvgIpc) is 2.42. The van der Waals surface area contributed by atoms with Crippen LogP contribution in [-0.4, -0.2) is 16.3 Å². The van der Waals surface area contributed by atoms with Gasteiger partial charge < -0.3 is 14.4 Å². The van der Waals surface area contributed by atoms with E-state index < -0.39 is 6.10 Å². The molecule has 20 heavy (non-hydrogen) atoms. The highest BCUT2D eigenvalue weighted by atomic mass is 79.9. The molecule has 0 aliphatic heterocycles. The molecule has 0 bridgehead atoms. The number of aliphatic hydroxyl groups excluding tert-OH is 1. The zero-order valence-electron chi connectivity index (χ0n) is 11.1. The lowest BCUT2D eigenvalue weighted by atomic mass is 10.1. The van der Waals surface area contributed by atoms with Gasteiger partial charge in [-0.25, -0.2) is 0 Å². The molecule has 5 heteroatoms. The van der Waals surface area contributed by atoms with Crippen LogP contribution >= 0.6 is 15.9 Å². The Kier molecular flexibility index (Phi) is 4.98. The topological polar surface area (TPSA) is 51.5 Å². The van der Waals surface area contributed by atoms with Gasteiger partial charge in [-0.3, -0.25) is 4.79 Å². The van der Waals surface area contributed by atoms with E-state index in [1.165, 1.54) is 6.07 Å². The van der Waals surface area contributed by atoms with Crippen LogP contribution in [0.3, 0.4) is 0 Å². The first-order chi connectivity index (χ1) is 9.58. The van der Waals surface area contributed by atoms with E-state index in [1.54, 1.807) is 29.8 Å². The minimum atomic E-state index is -0.609. The van der Waals surface area contributed by atoms with Gasteiger partial charge in [-0.15, -0.1) is 0 Å². The number of aromatic nitrogens is 1. The fourth-order valence-corrected chi connectivity index (χ4v) is 2.26. The van der Waals surface area contributed by atoms with Crippen molar-refractivity contribution >= 4 is 15.9 Å². The highest BCUT2D eigenvalue weighted by Crippen LogP contribution is 2.28. The molecule has 0 aliphatic rings. The molecule has 106 valence electrons. The minimum absolute atomic E-state index is 0.0531. The number of halogens is 1. The smallest absolute Gasteiger partial charge is 0.250 e. The summed E-state index contributed by atoms with van der Waals surface area (Å²) in [5.41, 5.74) is 0.669. The molecule has 0 fully saturated rings. The molecule has 4 nitrogen and oxygen atoms in total. The number of benzene rings is 1. The normalized spacial score (nSPS) is 12.2. The molecule has 0 aliphatic carbocycles. The Hall–Kier alpha value is -1.59. The first kappa shape index (κ1) is 14.8. The Morgan fingerprint density at radius 3 is 2.85 bits per heavy atom. The Balaban J connectivity index is 2.05. The lowest BCUT2D eigenvalue weighted by Crippen LogP contribution is -2.21. The summed E-state index contributed by atoms with van der Waals surface area (Å²) in [5, 5.41) is 9.73. The predicted molar refractivity (Wildman–Crippen MR) is 81.0 cm³/mol. The van der Waals surface area contributed by atoms with E-state index >= 15 is 0 Å². The highest BCUT2D eigenvalue weighted by Gasteiger charge is 2.09. The number of rotatable bonds is 5. The first-order valence-electron chi connectivity index (χ1n) is 6.33. The van der Waals surface area contributed by atoms with Gasteiger partial charge in [0.25, 0.3) is 5.56 Å². The van der Waals surface area contributed by atoms with Crippen LogP contribution in [0.2, 0.25) is 0 Å². The molecule has 0 amide bonds. The summed E-state index contributed by atoms with van der Waals surface area (Å²) in [5.74, 6) is 0.632. The molecule has 0 saturated heterocycles. The van der Waals surface area contributed by atoms with Crippen LogP contribution in [0.25, 0.3) is 0 Å². The van der Waals surface area contributed by atoms with Crippen molar-refractivity contribution in [3.63, 3.8) is 0 Å². The molecule has 0 saturated carbocycles. The fraction of sp³-hybridized carbons (Fsp3) is 0.267. The van der Waals surface area contributed by atoms with Gasteiger partial charge in [0.1, 0.15) is 12.4 Å². The summed E-state index contributed by atoms with van der Waals surface area (Å²) in [7, 11) is 0. The summed E-state index contributed by atoms with van der Waals surface area (Å²) in [6, 6.07) is 10.5. The van der Waals surface area contributed by atoms with Crippen molar-refractivity contribution in [3.8, 4) is 5.75 Å². The molecular weight excluding hydrogens is 322 g/mol. The Labute approximate surface area is 125 Å². The lowest BCUT2D eigenvalue weighted by Gasteiger charge is -2.14. The molecule has 2 aromatic rings. The van der Waals surface area contributed by atoms with Crippen molar-refractivity contribution in [2.24, 2.45) is 0 Å². The van der Waals surface area contributed by atoms with Gasteiger partial charge in [-0.1, -0.05) is 22.0 Å². The summed E-state index contributed by atoms with van der Waals surface area (Å²) in [6.07, 6.45) is 1.12. The summed E-state index contributed by atoms with van der Waals surface area (Å²) < 4.78 is 8.14. The molecule has 1 aromatic carbocycles. The zero-order chi connectivity index (χ0) is 14.5. The summed E-state index contributed by atoms with van der Waals surface area (Å²) in [4.78, 5) is 11.5.